The van der Waals surface area contributed by atoms with Crippen molar-refractivity contribution in [3.8, 4) is 0 Å². The van der Waals surface area contributed by atoms with Crippen LogP contribution in [0.1, 0.15) is 29.5 Å². The Bertz CT molecular complexity index is 804. The number of hydrogen-bond donors (Lipinski definition) is 1. The Kier molecular flexibility index (Phi) is 6.22. The Labute approximate surface area is 159 Å². The molecule has 3 rings (SSSR count). The van der Waals surface area contributed by atoms with Crippen molar-refractivity contribution in [3.63, 3.8) is 0 Å². The van der Waals surface area contributed by atoms with E-state index in [1.165, 1.54) is 23.3 Å². The minimum absolute atomic E-state index is 0.0150. The fraction of sp³-hybridized carbons (Fsp3) is 0.364. The highest BCUT2D eigenvalue weighted by atomic mass is 19.1. The minimum atomic E-state index is -0.317. The van der Waals surface area contributed by atoms with Gasteiger partial charge in [0.2, 0.25) is 11.8 Å². The molecule has 27 heavy (non-hydrogen) atoms. The van der Waals surface area contributed by atoms with Gasteiger partial charge in [0.1, 0.15) is 5.82 Å². The second-order valence-corrected chi connectivity index (χ2v) is 7.17. The number of rotatable bonds is 6. The molecule has 0 radical (unpaired) electrons. The molecule has 0 aliphatic carbocycles. The summed E-state index contributed by atoms with van der Waals surface area (Å²) in [5.74, 6) is -0.529. The molecule has 142 valence electrons. The number of piperidine rings is 1. The third-order valence-electron chi connectivity index (χ3n) is 4.97. The minimum Gasteiger partial charge on any atom is -0.355 e. The number of carbonyl (C=O) groups is 2. The van der Waals surface area contributed by atoms with Crippen LogP contribution in [0.15, 0.2) is 48.5 Å². The van der Waals surface area contributed by atoms with Gasteiger partial charge in [-0.2, -0.15) is 0 Å². The lowest BCUT2D eigenvalue weighted by Crippen LogP contribution is -2.45. The molecule has 5 heteroatoms. The molecule has 1 heterocycles. The monoisotopic (exact) mass is 368 g/mol. The average molecular weight is 368 g/mol. The third-order valence-corrected chi connectivity index (χ3v) is 4.97. The maximum absolute atomic E-state index is 13.4. The van der Waals surface area contributed by atoms with E-state index >= 15 is 0 Å². The van der Waals surface area contributed by atoms with Gasteiger partial charge in [-0.3, -0.25) is 9.59 Å². The van der Waals surface area contributed by atoms with Crippen molar-refractivity contribution >= 4 is 11.8 Å². The first-order chi connectivity index (χ1) is 13.0. The Morgan fingerprint density at radius 3 is 2.70 bits per heavy atom. The van der Waals surface area contributed by atoms with Crippen molar-refractivity contribution < 1.29 is 14.0 Å². The summed E-state index contributed by atoms with van der Waals surface area (Å²) in [6.07, 6.45) is 1.70. The number of likely N-dealkylation sites (tertiary alicyclic amines) is 1. The molecule has 0 aromatic heterocycles. The first-order valence-corrected chi connectivity index (χ1v) is 9.37. The average Bonchev–Trinajstić information content (AvgIpc) is 2.65. The second kappa shape index (κ2) is 8.80. The van der Waals surface area contributed by atoms with E-state index in [0.29, 0.717) is 32.5 Å². The van der Waals surface area contributed by atoms with E-state index in [4.69, 9.17) is 0 Å². The van der Waals surface area contributed by atoms with E-state index in [0.717, 1.165) is 12.0 Å². The van der Waals surface area contributed by atoms with Gasteiger partial charge in [-0.15, -0.1) is 0 Å². The summed E-state index contributed by atoms with van der Waals surface area (Å²) in [6.45, 7) is 3.34. The van der Waals surface area contributed by atoms with Crippen molar-refractivity contribution in [3.05, 3.63) is 71.0 Å². The summed E-state index contributed by atoms with van der Waals surface area (Å²) >= 11 is 0. The molecule has 2 amide bonds. The smallest absolute Gasteiger partial charge is 0.224 e. The van der Waals surface area contributed by atoms with E-state index in [-0.39, 0.29) is 23.5 Å². The molecule has 1 saturated heterocycles. The van der Waals surface area contributed by atoms with Gasteiger partial charge in [0.25, 0.3) is 0 Å². The lowest BCUT2D eigenvalue weighted by molar-refractivity contribution is -0.138. The predicted molar refractivity (Wildman–Crippen MR) is 102 cm³/mol. The van der Waals surface area contributed by atoms with Gasteiger partial charge in [-0.25, -0.2) is 4.39 Å². The Morgan fingerprint density at radius 1 is 1.19 bits per heavy atom. The summed E-state index contributed by atoms with van der Waals surface area (Å²) in [5, 5.41) is 2.99. The van der Waals surface area contributed by atoms with Crippen LogP contribution in [0.5, 0.6) is 0 Å². The van der Waals surface area contributed by atoms with E-state index in [9.17, 15) is 14.0 Å². The maximum Gasteiger partial charge on any atom is 0.224 e. The predicted octanol–water partition coefficient (Wildman–Crippen LogP) is 3.23. The molecule has 0 spiro atoms. The van der Waals surface area contributed by atoms with Gasteiger partial charge in [0.05, 0.1) is 5.92 Å². The molecule has 1 fully saturated rings. The molecule has 4 nitrogen and oxygen atoms in total. The zero-order valence-corrected chi connectivity index (χ0v) is 15.6. The topological polar surface area (TPSA) is 49.4 Å². The highest BCUT2D eigenvalue weighted by molar-refractivity contribution is 5.83. The van der Waals surface area contributed by atoms with Crippen LogP contribution in [-0.4, -0.2) is 29.8 Å². The summed E-state index contributed by atoms with van der Waals surface area (Å²) in [4.78, 5) is 26.3. The lowest BCUT2D eigenvalue weighted by Gasteiger charge is -2.32. The van der Waals surface area contributed by atoms with E-state index in [1.54, 1.807) is 17.0 Å². The highest BCUT2D eigenvalue weighted by Crippen LogP contribution is 2.20. The molecule has 0 bridgehead atoms. The maximum atomic E-state index is 13.4. The third kappa shape index (κ3) is 5.39. The molecular formula is C22H25FN2O2. The molecule has 1 N–H and O–H groups in total. The van der Waals surface area contributed by atoms with Gasteiger partial charge < -0.3 is 10.2 Å². The number of carbonyl (C=O) groups excluding carboxylic acids is 2. The van der Waals surface area contributed by atoms with Crippen LogP contribution in [0.25, 0.3) is 0 Å². The molecule has 1 aliphatic heterocycles. The molecule has 0 saturated carbocycles. The molecule has 1 atom stereocenters. The van der Waals surface area contributed by atoms with E-state index in [1.807, 2.05) is 6.92 Å². The fourth-order valence-electron chi connectivity index (χ4n) is 3.37. The van der Waals surface area contributed by atoms with Crippen molar-refractivity contribution in [1.82, 2.24) is 10.2 Å². The molecular weight excluding hydrogens is 343 g/mol. The van der Waals surface area contributed by atoms with Crippen LogP contribution in [-0.2, 0) is 22.6 Å². The van der Waals surface area contributed by atoms with Crippen molar-refractivity contribution in [1.29, 1.82) is 0 Å². The highest BCUT2D eigenvalue weighted by Gasteiger charge is 2.30. The second-order valence-electron chi connectivity index (χ2n) is 7.17. The molecule has 1 aliphatic rings. The number of hydrogen-bond acceptors (Lipinski definition) is 2. The lowest BCUT2D eigenvalue weighted by atomic mass is 9.96. The van der Waals surface area contributed by atoms with Crippen molar-refractivity contribution in [2.45, 2.75) is 32.7 Å². The number of nitrogens with one attached hydrogen (secondary N) is 1. The largest absolute Gasteiger partial charge is 0.355 e. The number of aryl methyl sites for hydroxylation is 1. The van der Waals surface area contributed by atoms with Crippen LogP contribution in [0.2, 0.25) is 0 Å². The van der Waals surface area contributed by atoms with Crippen LogP contribution < -0.4 is 5.32 Å². The first-order valence-electron chi connectivity index (χ1n) is 9.37. The zero-order chi connectivity index (χ0) is 19.2. The summed E-state index contributed by atoms with van der Waals surface area (Å²) in [5.41, 5.74) is 3.14. The summed E-state index contributed by atoms with van der Waals surface area (Å²) < 4.78 is 13.4. The fourth-order valence-corrected chi connectivity index (χ4v) is 3.37. The van der Waals surface area contributed by atoms with Gasteiger partial charge >= 0.3 is 0 Å². The SMILES string of the molecule is Cc1ccc(CCNC(=O)[C@@H]2CCC(=O)N(Cc3cccc(F)c3)C2)cc1. The van der Waals surface area contributed by atoms with Crippen molar-refractivity contribution in [2.75, 3.05) is 13.1 Å². The Morgan fingerprint density at radius 2 is 1.96 bits per heavy atom. The normalized spacial score (nSPS) is 17.0. The molecule has 0 unspecified atom stereocenters. The van der Waals surface area contributed by atoms with Crippen LogP contribution in [0.3, 0.4) is 0 Å². The summed E-state index contributed by atoms with van der Waals surface area (Å²) in [7, 11) is 0. The summed E-state index contributed by atoms with van der Waals surface area (Å²) in [6, 6.07) is 14.5. The quantitative estimate of drug-likeness (QED) is 0.851. The standard InChI is InChI=1S/C22H25FN2O2/c1-16-5-7-17(8-6-16)11-12-24-22(27)19-9-10-21(26)25(15-19)14-18-3-2-4-20(23)13-18/h2-8,13,19H,9-12,14-15H2,1H3,(H,24,27)/t19-/m1/s1. The van der Waals surface area contributed by atoms with E-state index in [2.05, 4.69) is 29.6 Å². The number of halogens is 1. The number of benzene rings is 2. The van der Waals surface area contributed by atoms with Gasteiger partial charge in [-0.05, 0) is 43.0 Å². The van der Waals surface area contributed by atoms with Gasteiger partial charge in [-0.1, -0.05) is 42.0 Å². The van der Waals surface area contributed by atoms with Gasteiger partial charge in [0.15, 0.2) is 0 Å². The van der Waals surface area contributed by atoms with E-state index < -0.39 is 0 Å². The number of nitrogens with zero attached hydrogens (tertiary/aromatic N) is 1. The number of amides is 2. The zero-order valence-electron chi connectivity index (χ0n) is 15.6. The van der Waals surface area contributed by atoms with Crippen LogP contribution >= 0.6 is 0 Å². The Hall–Kier alpha value is -2.69. The van der Waals surface area contributed by atoms with Crippen LogP contribution in [0, 0.1) is 18.7 Å². The molecule has 2 aromatic rings. The van der Waals surface area contributed by atoms with Crippen molar-refractivity contribution in [2.24, 2.45) is 5.92 Å². The molecule has 2 aromatic carbocycles. The van der Waals surface area contributed by atoms with Gasteiger partial charge in [0, 0.05) is 26.1 Å². The Balaban J connectivity index is 1.51. The first kappa shape index (κ1) is 19.1. The van der Waals surface area contributed by atoms with Crippen LogP contribution in [0.4, 0.5) is 4.39 Å².